The Bertz CT molecular complexity index is 992. The van der Waals surface area contributed by atoms with Crippen LogP contribution in [0.4, 0.5) is 0 Å². The molecule has 0 atom stereocenters. The topological polar surface area (TPSA) is 31.4 Å². The summed E-state index contributed by atoms with van der Waals surface area (Å²) in [5.74, 6) is 1.60. The molecule has 3 nitrogen and oxygen atoms in total. The van der Waals surface area contributed by atoms with Crippen LogP contribution in [0.5, 0.6) is 11.5 Å². The second-order valence-electron chi connectivity index (χ2n) is 7.22. The van der Waals surface area contributed by atoms with Crippen molar-refractivity contribution in [1.29, 1.82) is 0 Å². The Labute approximate surface area is 180 Å². The van der Waals surface area contributed by atoms with Gasteiger partial charge in [-0.3, -0.25) is 4.98 Å². The van der Waals surface area contributed by atoms with Gasteiger partial charge in [-0.1, -0.05) is 52.3 Å². The molecule has 1 fully saturated rings. The van der Waals surface area contributed by atoms with Gasteiger partial charge in [0, 0.05) is 21.8 Å². The first-order valence-corrected chi connectivity index (χ1v) is 10.8. The quantitative estimate of drug-likeness (QED) is 0.405. The lowest BCUT2D eigenvalue weighted by atomic mass is 10.0. The highest BCUT2D eigenvalue weighted by Gasteiger charge is 2.18. The molecule has 4 rings (SSSR count). The molecule has 0 unspecified atom stereocenters. The summed E-state index contributed by atoms with van der Waals surface area (Å²) in [6.45, 7) is 0. The Kier molecular flexibility index (Phi) is 6.30. The minimum Gasteiger partial charge on any atom is -0.493 e. The smallest absolute Gasteiger partial charge is 0.162 e. The molecule has 1 heterocycles. The Morgan fingerprint density at radius 3 is 2.52 bits per heavy atom. The van der Waals surface area contributed by atoms with Gasteiger partial charge in [-0.15, -0.1) is 0 Å². The van der Waals surface area contributed by atoms with Crippen molar-refractivity contribution in [1.82, 2.24) is 4.98 Å². The minimum atomic E-state index is 0.297. The number of pyridine rings is 1. The monoisotopic (exact) mass is 449 g/mol. The molecule has 0 amide bonds. The van der Waals surface area contributed by atoms with Gasteiger partial charge in [0.15, 0.2) is 11.5 Å². The molecule has 2 aromatic carbocycles. The molecule has 148 valence electrons. The minimum absolute atomic E-state index is 0.297. The van der Waals surface area contributed by atoms with Gasteiger partial charge in [0.1, 0.15) is 0 Å². The average molecular weight is 450 g/mol. The highest BCUT2D eigenvalue weighted by Crippen LogP contribution is 2.33. The van der Waals surface area contributed by atoms with Crippen molar-refractivity contribution in [2.45, 2.75) is 31.8 Å². The highest BCUT2D eigenvalue weighted by molar-refractivity contribution is 9.10. The summed E-state index contributed by atoms with van der Waals surface area (Å²) in [6, 6.07) is 18.3. The number of nitrogens with zero attached hydrogens (tertiary/aromatic N) is 1. The maximum Gasteiger partial charge on any atom is 0.162 e. The molecule has 0 spiro atoms. The summed E-state index contributed by atoms with van der Waals surface area (Å²) < 4.78 is 12.8. The molecule has 0 radical (unpaired) electrons. The first-order valence-electron chi connectivity index (χ1n) is 9.96. The van der Waals surface area contributed by atoms with Gasteiger partial charge < -0.3 is 9.47 Å². The number of hydrogen-bond acceptors (Lipinski definition) is 3. The molecular weight excluding hydrogens is 426 g/mol. The van der Waals surface area contributed by atoms with Crippen molar-refractivity contribution >= 4 is 28.1 Å². The lowest BCUT2D eigenvalue weighted by Crippen LogP contribution is -2.11. The van der Waals surface area contributed by atoms with E-state index in [1.165, 1.54) is 12.8 Å². The Balaban J connectivity index is 1.60. The maximum atomic E-state index is 6.22. The number of hydrogen-bond donors (Lipinski definition) is 0. The SMILES string of the molecule is COc1ccc(C=Cc2cccnc2-c2ccc(Br)cc2)cc1OC1CCCC1. The van der Waals surface area contributed by atoms with Gasteiger partial charge in [-0.25, -0.2) is 0 Å². The van der Waals surface area contributed by atoms with Crippen molar-refractivity contribution in [3.05, 3.63) is 76.4 Å². The first-order chi connectivity index (χ1) is 14.2. The predicted molar refractivity (Wildman–Crippen MR) is 122 cm³/mol. The van der Waals surface area contributed by atoms with E-state index in [2.05, 4.69) is 57.3 Å². The molecule has 0 saturated heterocycles. The average Bonchev–Trinajstić information content (AvgIpc) is 3.26. The zero-order chi connectivity index (χ0) is 20.1. The van der Waals surface area contributed by atoms with Crippen LogP contribution in [-0.2, 0) is 0 Å². The molecule has 1 aliphatic carbocycles. The first kappa shape index (κ1) is 19.7. The van der Waals surface area contributed by atoms with Crippen LogP contribution in [0.2, 0.25) is 0 Å². The molecule has 1 aliphatic rings. The zero-order valence-electron chi connectivity index (χ0n) is 16.5. The van der Waals surface area contributed by atoms with E-state index in [0.29, 0.717) is 6.10 Å². The summed E-state index contributed by atoms with van der Waals surface area (Å²) in [5.41, 5.74) is 4.20. The van der Waals surface area contributed by atoms with E-state index in [-0.39, 0.29) is 0 Å². The largest absolute Gasteiger partial charge is 0.493 e. The van der Waals surface area contributed by atoms with Gasteiger partial charge >= 0.3 is 0 Å². The van der Waals surface area contributed by atoms with Crippen LogP contribution in [0.3, 0.4) is 0 Å². The van der Waals surface area contributed by atoms with Crippen molar-refractivity contribution in [2.75, 3.05) is 7.11 Å². The van der Waals surface area contributed by atoms with Crippen LogP contribution >= 0.6 is 15.9 Å². The van der Waals surface area contributed by atoms with Crippen LogP contribution in [0.25, 0.3) is 23.4 Å². The van der Waals surface area contributed by atoms with E-state index in [4.69, 9.17) is 9.47 Å². The number of rotatable bonds is 6. The number of aromatic nitrogens is 1. The van der Waals surface area contributed by atoms with E-state index < -0.39 is 0 Å². The van der Waals surface area contributed by atoms with E-state index in [1.54, 1.807) is 7.11 Å². The standard InChI is InChI=1S/C25H24BrNO2/c1-28-23-15-9-18(17-24(23)29-22-6-2-3-7-22)8-10-19-5-4-16-27-25(19)20-11-13-21(26)14-12-20/h4-5,8-17,22H,2-3,6-7H2,1H3. The van der Waals surface area contributed by atoms with Crippen LogP contribution in [-0.4, -0.2) is 18.2 Å². The predicted octanol–water partition coefficient (Wildman–Crippen LogP) is 7.01. The van der Waals surface area contributed by atoms with Crippen molar-refractivity contribution in [2.24, 2.45) is 0 Å². The number of halogens is 1. The normalized spacial score (nSPS) is 14.4. The Hall–Kier alpha value is -2.59. The molecule has 1 aromatic heterocycles. The van der Waals surface area contributed by atoms with Crippen molar-refractivity contribution < 1.29 is 9.47 Å². The van der Waals surface area contributed by atoms with Gasteiger partial charge in [0.25, 0.3) is 0 Å². The Morgan fingerprint density at radius 1 is 0.966 bits per heavy atom. The van der Waals surface area contributed by atoms with Crippen LogP contribution in [0.15, 0.2) is 65.3 Å². The molecular formula is C25H24BrNO2. The van der Waals surface area contributed by atoms with E-state index in [9.17, 15) is 0 Å². The van der Waals surface area contributed by atoms with Gasteiger partial charge in [-0.2, -0.15) is 0 Å². The van der Waals surface area contributed by atoms with Gasteiger partial charge in [0.05, 0.1) is 18.9 Å². The fraction of sp³-hybridized carbons (Fsp3) is 0.240. The summed E-state index contributed by atoms with van der Waals surface area (Å²) >= 11 is 3.49. The van der Waals surface area contributed by atoms with E-state index in [0.717, 1.165) is 51.2 Å². The van der Waals surface area contributed by atoms with Crippen LogP contribution in [0, 0.1) is 0 Å². The zero-order valence-corrected chi connectivity index (χ0v) is 18.1. The third kappa shape index (κ3) is 4.88. The maximum absolute atomic E-state index is 6.22. The second-order valence-corrected chi connectivity index (χ2v) is 8.13. The number of methoxy groups -OCH3 is 1. The molecule has 0 N–H and O–H groups in total. The van der Waals surface area contributed by atoms with Gasteiger partial charge in [-0.05, 0) is 61.6 Å². The fourth-order valence-corrected chi connectivity index (χ4v) is 3.93. The number of ether oxygens (including phenoxy) is 2. The highest BCUT2D eigenvalue weighted by atomic mass is 79.9. The molecule has 1 saturated carbocycles. The lowest BCUT2D eigenvalue weighted by Gasteiger charge is -2.16. The van der Waals surface area contributed by atoms with Crippen LogP contribution < -0.4 is 9.47 Å². The summed E-state index contributed by atoms with van der Waals surface area (Å²) in [6.07, 6.45) is 11.1. The summed E-state index contributed by atoms with van der Waals surface area (Å²) in [4.78, 5) is 4.59. The van der Waals surface area contributed by atoms with Gasteiger partial charge in [0.2, 0.25) is 0 Å². The second kappa shape index (κ2) is 9.27. The third-order valence-corrected chi connectivity index (χ3v) is 5.72. The van der Waals surface area contributed by atoms with Crippen LogP contribution in [0.1, 0.15) is 36.8 Å². The van der Waals surface area contributed by atoms with Crippen molar-refractivity contribution in [3.63, 3.8) is 0 Å². The molecule has 3 aromatic rings. The number of benzene rings is 2. The molecule has 0 bridgehead atoms. The van der Waals surface area contributed by atoms with Crippen molar-refractivity contribution in [3.8, 4) is 22.8 Å². The molecule has 0 aliphatic heterocycles. The molecule has 4 heteroatoms. The van der Waals surface area contributed by atoms with E-state index in [1.807, 2.05) is 36.5 Å². The summed E-state index contributed by atoms with van der Waals surface area (Å²) in [5, 5.41) is 0. The molecule has 29 heavy (non-hydrogen) atoms. The third-order valence-electron chi connectivity index (χ3n) is 5.20. The Morgan fingerprint density at radius 2 is 1.76 bits per heavy atom. The fourth-order valence-electron chi connectivity index (χ4n) is 3.66. The lowest BCUT2D eigenvalue weighted by molar-refractivity contribution is 0.201. The summed E-state index contributed by atoms with van der Waals surface area (Å²) in [7, 11) is 1.69. The van der Waals surface area contributed by atoms with E-state index >= 15 is 0 Å².